The van der Waals surface area contributed by atoms with Gasteiger partial charge in [0.1, 0.15) is 0 Å². The van der Waals surface area contributed by atoms with E-state index in [9.17, 15) is 4.79 Å². The molecule has 5 heteroatoms. The Bertz CT molecular complexity index is 425. The van der Waals surface area contributed by atoms with E-state index in [1.54, 1.807) is 0 Å². The highest BCUT2D eigenvalue weighted by Gasteiger charge is 2.16. The molecule has 0 aliphatic carbocycles. The van der Waals surface area contributed by atoms with Gasteiger partial charge in [-0.2, -0.15) is 0 Å². The quantitative estimate of drug-likeness (QED) is 0.891. The summed E-state index contributed by atoms with van der Waals surface area (Å²) in [4.78, 5) is 11.8. The van der Waals surface area contributed by atoms with Crippen molar-refractivity contribution < 1.29 is 9.53 Å². The Labute approximate surface area is 118 Å². The summed E-state index contributed by atoms with van der Waals surface area (Å²) in [6, 6.07) is 5.90. The Balaban J connectivity index is 1.83. The number of amides is 1. The van der Waals surface area contributed by atoms with Gasteiger partial charge in [0, 0.05) is 19.3 Å². The standard InChI is InChI=1S/C14H19ClN2O2/c1-10-3-2-4-12(15)14(10)16-9-13(18)17-11-5-7-19-8-6-11/h2-4,11,16H,5-9H2,1H3,(H,17,18). The van der Waals surface area contributed by atoms with Crippen LogP contribution in [0.25, 0.3) is 0 Å². The van der Waals surface area contributed by atoms with Crippen LogP contribution in [0.3, 0.4) is 0 Å². The molecule has 19 heavy (non-hydrogen) atoms. The monoisotopic (exact) mass is 282 g/mol. The Hall–Kier alpha value is -1.26. The molecule has 0 unspecified atom stereocenters. The SMILES string of the molecule is Cc1cccc(Cl)c1NCC(=O)NC1CCOCC1. The van der Waals surface area contributed by atoms with Crippen molar-refractivity contribution in [1.29, 1.82) is 0 Å². The third kappa shape index (κ3) is 4.11. The molecule has 0 atom stereocenters. The van der Waals surface area contributed by atoms with E-state index in [-0.39, 0.29) is 18.5 Å². The number of carbonyl (C=O) groups is 1. The van der Waals surface area contributed by atoms with Crippen LogP contribution in [0.15, 0.2) is 18.2 Å². The van der Waals surface area contributed by atoms with E-state index in [1.165, 1.54) is 0 Å². The number of hydrogen-bond donors (Lipinski definition) is 2. The zero-order valence-corrected chi connectivity index (χ0v) is 11.8. The Morgan fingerprint density at radius 2 is 2.16 bits per heavy atom. The average Bonchev–Trinajstić information content (AvgIpc) is 2.39. The molecule has 1 amide bonds. The van der Waals surface area contributed by atoms with Gasteiger partial charge >= 0.3 is 0 Å². The number of para-hydroxylation sites is 1. The van der Waals surface area contributed by atoms with Crippen molar-refractivity contribution in [3.05, 3.63) is 28.8 Å². The summed E-state index contributed by atoms with van der Waals surface area (Å²) in [6.45, 7) is 3.65. The van der Waals surface area contributed by atoms with Gasteiger partial charge in [0.15, 0.2) is 0 Å². The summed E-state index contributed by atoms with van der Waals surface area (Å²) in [7, 11) is 0. The predicted octanol–water partition coefficient (Wildman–Crippen LogP) is 2.36. The lowest BCUT2D eigenvalue weighted by Crippen LogP contribution is -2.41. The molecule has 1 fully saturated rings. The molecule has 1 heterocycles. The molecule has 0 bridgehead atoms. The van der Waals surface area contributed by atoms with E-state index in [1.807, 2.05) is 25.1 Å². The van der Waals surface area contributed by atoms with Crippen LogP contribution in [-0.2, 0) is 9.53 Å². The van der Waals surface area contributed by atoms with Gasteiger partial charge in [0.2, 0.25) is 5.91 Å². The van der Waals surface area contributed by atoms with Crippen molar-refractivity contribution in [2.24, 2.45) is 0 Å². The molecule has 1 aromatic carbocycles. The summed E-state index contributed by atoms with van der Waals surface area (Å²) in [5, 5.41) is 6.74. The van der Waals surface area contributed by atoms with Gasteiger partial charge in [-0.25, -0.2) is 0 Å². The zero-order valence-electron chi connectivity index (χ0n) is 11.0. The summed E-state index contributed by atoms with van der Waals surface area (Å²) in [5.41, 5.74) is 1.86. The number of hydrogen-bond acceptors (Lipinski definition) is 3. The maximum Gasteiger partial charge on any atom is 0.239 e. The number of ether oxygens (including phenoxy) is 1. The Kier molecular flexibility index (Phi) is 5.05. The molecule has 0 aromatic heterocycles. The lowest BCUT2D eigenvalue weighted by molar-refractivity contribution is -0.120. The van der Waals surface area contributed by atoms with E-state index in [4.69, 9.17) is 16.3 Å². The zero-order chi connectivity index (χ0) is 13.7. The van der Waals surface area contributed by atoms with Crippen LogP contribution in [-0.4, -0.2) is 31.7 Å². The first kappa shape index (κ1) is 14.2. The fourth-order valence-electron chi connectivity index (χ4n) is 2.15. The third-order valence-electron chi connectivity index (χ3n) is 3.23. The van der Waals surface area contributed by atoms with Gasteiger partial charge in [-0.1, -0.05) is 23.7 Å². The van der Waals surface area contributed by atoms with E-state index < -0.39 is 0 Å². The molecule has 0 saturated carbocycles. The Morgan fingerprint density at radius 1 is 1.42 bits per heavy atom. The number of aryl methyl sites for hydroxylation is 1. The minimum Gasteiger partial charge on any atom is -0.381 e. The average molecular weight is 283 g/mol. The Morgan fingerprint density at radius 3 is 2.84 bits per heavy atom. The van der Waals surface area contributed by atoms with E-state index >= 15 is 0 Å². The van der Waals surface area contributed by atoms with Gasteiger partial charge in [0.05, 0.1) is 17.3 Å². The first-order chi connectivity index (χ1) is 9.16. The molecule has 104 valence electrons. The highest BCUT2D eigenvalue weighted by molar-refractivity contribution is 6.33. The second-order valence-corrected chi connectivity index (χ2v) is 5.15. The van der Waals surface area contributed by atoms with Crippen molar-refractivity contribution in [3.63, 3.8) is 0 Å². The second-order valence-electron chi connectivity index (χ2n) is 4.74. The fourth-order valence-corrected chi connectivity index (χ4v) is 2.43. The molecule has 1 aromatic rings. The topological polar surface area (TPSA) is 50.4 Å². The number of nitrogens with one attached hydrogen (secondary N) is 2. The molecule has 2 N–H and O–H groups in total. The fraction of sp³-hybridized carbons (Fsp3) is 0.500. The van der Waals surface area contributed by atoms with Gasteiger partial charge in [-0.05, 0) is 31.4 Å². The van der Waals surface area contributed by atoms with Crippen molar-refractivity contribution in [2.45, 2.75) is 25.8 Å². The number of anilines is 1. The number of rotatable bonds is 4. The van der Waals surface area contributed by atoms with Crippen molar-refractivity contribution in [2.75, 3.05) is 25.1 Å². The molecule has 2 rings (SSSR count). The van der Waals surface area contributed by atoms with Crippen LogP contribution in [0.5, 0.6) is 0 Å². The first-order valence-corrected chi connectivity index (χ1v) is 6.90. The smallest absolute Gasteiger partial charge is 0.239 e. The van der Waals surface area contributed by atoms with Crippen LogP contribution < -0.4 is 10.6 Å². The minimum atomic E-state index is -0.00813. The van der Waals surface area contributed by atoms with Crippen LogP contribution in [0.4, 0.5) is 5.69 Å². The van der Waals surface area contributed by atoms with Crippen LogP contribution in [0.2, 0.25) is 5.02 Å². The normalized spacial score (nSPS) is 16.1. The van der Waals surface area contributed by atoms with Crippen molar-refractivity contribution >= 4 is 23.2 Å². The second kappa shape index (κ2) is 6.78. The highest BCUT2D eigenvalue weighted by Crippen LogP contribution is 2.24. The molecule has 4 nitrogen and oxygen atoms in total. The van der Waals surface area contributed by atoms with Gasteiger partial charge in [0.25, 0.3) is 0 Å². The summed E-state index contributed by atoms with van der Waals surface area (Å²) >= 11 is 6.09. The molecule has 0 spiro atoms. The minimum absolute atomic E-state index is 0.00813. The molecule has 1 aliphatic heterocycles. The predicted molar refractivity (Wildman–Crippen MR) is 76.7 cm³/mol. The maximum atomic E-state index is 11.8. The third-order valence-corrected chi connectivity index (χ3v) is 3.55. The van der Waals surface area contributed by atoms with Gasteiger partial charge in [-0.3, -0.25) is 4.79 Å². The van der Waals surface area contributed by atoms with Crippen LogP contribution >= 0.6 is 11.6 Å². The van der Waals surface area contributed by atoms with Gasteiger partial charge < -0.3 is 15.4 Å². The largest absolute Gasteiger partial charge is 0.381 e. The van der Waals surface area contributed by atoms with Crippen LogP contribution in [0, 0.1) is 6.92 Å². The van der Waals surface area contributed by atoms with Crippen LogP contribution in [0.1, 0.15) is 18.4 Å². The molecular formula is C14H19ClN2O2. The van der Waals surface area contributed by atoms with Gasteiger partial charge in [-0.15, -0.1) is 0 Å². The number of halogens is 1. The van der Waals surface area contributed by atoms with Crippen molar-refractivity contribution in [3.8, 4) is 0 Å². The number of carbonyl (C=O) groups excluding carboxylic acids is 1. The lowest BCUT2D eigenvalue weighted by Gasteiger charge is -2.23. The maximum absolute atomic E-state index is 11.8. The highest BCUT2D eigenvalue weighted by atomic mass is 35.5. The van der Waals surface area contributed by atoms with Crippen molar-refractivity contribution in [1.82, 2.24) is 5.32 Å². The molecule has 0 radical (unpaired) electrons. The first-order valence-electron chi connectivity index (χ1n) is 6.53. The van der Waals surface area contributed by atoms with E-state index in [2.05, 4.69) is 10.6 Å². The summed E-state index contributed by atoms with van der Waals surface area (Å²) in [5.74, 6) is -0.00813. The van der Waals surface area contributed by atoms with E-state index in [0.29, 0.717) is 5.02 Å². The number of benzene rings is 1. The lowest BCUT2D eigenvalue weighted by atomic mass is 10.1. The molecule has 1 aliphatic rings. The molecule has 1 saturated heterocycles. The summed E-state index contributed by atoms with van der Waals surface area (Å²) < 4.78 is 5.26. The van der Waals surface area contributed by atoms with E-state index in [0.717, 1.165) is 37.3 Å². The molecular weight excluding hydrogens is 264 g/mol. The summed E-state index contributed by atoms with van der Waals surface area (Å²) in [6.07, 6.45) is 1.77.